The number of hydrogen-bond acceptors (Lipinski definition) is 14. The molecule has 0 radical (unpaired) electrons. The smallest absolute Gasteiger partial charge is 0.359 e. The molecule has 4 aliphatic rings. The first kappa shape index (κ1) is 46.5. The third-order valence-corrected chi connectivity index (χ3v) is 12.0. The van der Waals surface area contributed by atoms with Crippen molar-refractivity contribution in [3.05, 3.63) is 94.0 Å². The second-order valence-electron chi connectivity index (χ2n) is 16.5. The maximum atomic E-state index is 12.5. The first-order chi connectivity index (χ1) is 32.2. The average Bonchev–Trinajstić information content (AvgIpc) is 4.26. The third kappa shape index (κ3) is 9.76. The number of aliphatic hydroxyl groups is 2. The van der Waals surface area contributed by atoms with Crippen LogP contribution >= 0.6 is 15.9 Å². The number of halogens is 1. The quantitative estimate of drug-likeness (QED) is 0.157. The molecular weight excluding hydrogens is 924 g/mol. The molecule has 67 heavy (non-hydrogen) atoms. The summed E-state index contributed by atoms with van der Waals surface area (Å²) in [4.78, 5) is 69.0. The molecule has 2 amide bonds. The Bertz CT molecular complexity index is 3040. The number of likely N-dealkylation sites (tertiary alicyclic amines) is 2. The summed E-state index contributed by atoms with van der Waals surface area (Å²) < 4.78 is 14.5. The molecule has 19 heteroatoms. The van der Waals surface area contributed by atoms with E-state index in [1.807, 2.05) is 30.3 Å². The lowest BCUT2D eigenvalue weighted by Crippen LogP contribution is -2.37. The van der Waals surface area contributed by atoms with Crippen LogP contribution in [0.25, 0.3) is 33.4 Å². The molecule has 2 N–H and O–H groups in total. The number of carbonyl (C=O) groups is 4. The predicted molar refractivity (Wildman–Crippen MR) is 247 cm³/mol. The van der Waals surface area contributed by atoms with Crippen molar-refractivity contribution in [2.24, 2.45) is 0 Å². The van der Waals surface area contributed by atoms with Gasteiger partial charge in [-0.3, -0.25) is 9.59 Å². The summed E-state index contributed by atoms with van der Waals surface area (Å²) in [6, 6.07) is 14.9. The van der Waals surface area contributed by atoms with Crippen LogP contribution in [-0.4, -0.2) is 135 Å². The SMILES string of the molecule is C#C[C@]1(O)CCN(C)C1=O.CCOC(=O)c1nn(-c2cccc(Br)c2)c2nc(C3CC3)ncc12.CCOC(=O)c1nn(-c2cccc(C#C[C@]3(O)CCN(C)C3=O)c2)c2nc(C3CC3)ncc12. The highest BCUT2D eigenvalue weighted by Gasteiger charge is 2.43. The van der Waals surface area contributed by atoms with Gasteiger partial charge in [-0.1, -0.05) is 45.8 Å². The summed E-state index contributed by atoms with van der Waals surface area (Å²) in [5.74, 6) is 8.28. The zero-order chi connectivity index (χ0) is 47.6. The van der Waals surface area contributed by atoms with E-state index in [2.05, 4.69) is 58.8 Å². The van der Waals surface area contributed by atoms with Crippen molar-refractivity contribution >= 4 is 61.7 Å². The van der Waals surface area contributed by atoms with E-state index in [0.29, 0.717) is 71.3 Å². The Morgan fingerprint density at radius 1 is 0.761 bits per heavy atom. The minimum atomic E-state index is -1.67. The van der Waals surface area contributed by atoms with Gasteiger partial charge in [0.1, 0.15) is 11.6 Å². The molecular formula is C48H47BrN10O8. The van der Waals surface area contributed by atoms with Gasteiger partial charge < -0.3 is 29.5 Å². The van der Waals surface area contributed by atoms with Crippen LogP contribution in [0, 0.1) is 24.2 Å². The lowest BCUT2D eigenvalue weighted by Gasteiger charge is -2.13. The number of aromatic nitrogens is 8. The van der Waals surface area contributed by atoms with Crippen molar-refractivity contribution in [3.8, 4) is 35.6 Å². The number of fused-ring (bicyclic) bond motifs is 2. The number of carbonyl (C=O) groups excluding carboxylic acids is 4. The van der Waals surface area contributed by atoms with E-state index in [-0.39, 0.29) is 30.3 Å². The van der Waals surface area contributed by atoms with Gasteiger partial charge in [-0.25, -0.2) is 38.9 Å². The summed E-state index contributed by atoms with van der Waals surface area (Å²) in [5.41, 5.74) is 0.422. The number of amides is 2. The summed E-state index contributed by atoms with van der Waals surface area (Å²) in [7, 11) is 3.27. The van der Waals surface area contributed by atoms with Crippen molar-refractivity contribution in [3.63, 3.8) is 0 Å². The molecule has 2 atom stereocenters. The summed E-state index contributed by atoms with van der Waals surface area (Å²) >= 11 is 3.47. The van der Waals surface area contributed by atoms with Gasteiger partial charge in [-0.15, -0.1) is 6.42 Å². The fourth-order valence-corrected chi connectivity index (χ4v) is 7.81. The van der Waals surface area contributed by atoms with E-state index in [1.165, 1.54) is 9.80 Å². The van der Waals surface area contributed by atoms with Crippen LogP contribution in [0.2, 0.25) is 0 Å². The Hall–Kier alpha value is -7.06. The van der Waals surface area contributed by atoms with Gasteiger partial charge in [0, 0.05) is 74.3 Å². The molecule has 0 spiro atoms. The van der Waals surface area contributed by atoms with Crippen LogP contribution in [0.4, 0.5) is 0 Å². The molecule has 2 saturated heterocycles. The van der Waals surface area contributed by atoms with Crippen molar-refractivity contribution in [2.75, 3.05) is 40.4 Å². The monoisotopic (exact) mass is 970 g/mol. The third-order valence-electron chi connectivity index (χ3n) is 11.5. The van der Waals surface area contributed by atoms with Gasteiger partial charge in [-0.05, 0) is 75.9 Å². The Morgan fingerprint density at radius 2 is 1.24 bits per heavy atom. The average molecular weight is 972 g/mol. The van der Waals surface area contributed by atoms with Crippen molar-refractivity contribution < 1.29 is 38.9 Å². The van der Waals surface area contributed by atoms with E-state index in [1.54, 1.807) is 67.9 Å². The Labute approximate surface area is 393 Å². The number of esters is 2. The highest BCUT2D eigenvalue weighted by Crippen LogP contribution is 2.39. The Balaban J connectivity index is 0.000000156. The summed E-state index contributed by atoms with van der Waals surface area (Å²) in [6.07, 6.45) is 13.2. The van der Waals surface area contributed by atoms with Crippen molar-refractivity contribution in [1.29, 1.82) is 0 Å². The minimum absolute atomic E-state index is 0.152. The van der Waals surface area contributed by atoms with Crippen molar-refractivity contribution in [1.82, 2.24) is 49.3 Å². The number of terminal acetylenes is 1. The van der Waals surface area contributed by atoms with Crippen LogP contribution in [0.1, 0.15) is 102 Å². The molecule has 2 aliphatic carbocycles. The normalized spacial score (nSPS) is 19.8. The van der Waals surface area contributed by atoms with Crippen LogP contribution in [0.15, 0.2) is 65.4 Å². The lowest BCUT2D eigenvalue weighted by atomic mass is 10.0. The van der Waals surface area contributed by atoms with E-state index >= 15 is 0 Å². The highest BCUT2D eigenvalue weighted by atomic mass is 79.9. The van der Waals surface area contributed by atoms with Crippen LogP contribution < -0.4 is 0 Å². The van der Waals surface area contributed by atoms with E-state index in [0.717, 1.165) is 47.5 Å². The summed E-state index contributed by atoms with van der Waals surface area (Å²) in [5, 5.41) is 30.0. The maximum absolute atomic E-state index is 12.5. The summed E-state index contributed by atoms with van der Waals surface area (Å²) in [6.45, 7) is 5.04. The molecule has 10 rings (SSSR count). The van der Waals surface area contributed by atoms with E-state index in [4.69, 9.17) is 20.9 Å². The second-order valence-corrected chi connectivity index (χ2v) is 17.5. The fraction of sp³-hybridized carbons (Fsp3) is 0.375. The molecule has 6 heterocycles. The van der Waals surface area contributed by atoms with Gasteiger partial charge in [0.25, 0.3) is 11.8 Å². The number of hydrogen-bond donors (Lipinski definition) is 2. The van der Waals surface area contributed by atoms with Crippen LogP contribution in [0.3, 0.4) is 0 Å². The fourth-order valence-electron chi connectivity index (χ4n) is 7.42. The van der Waals surface area contributed by atoms with Gasteiger partial charge >= 0.3 is 11.9 Å². The Morgan fingerprint density at radius 3 is 1.66 bits per heavy atom. The van der Waals surface area contributed by atoms with E-state index in [9.17, 15) is 29.4 Å². The predicted octanol–water partition coefficient (Wildman–Crippen LogP) is 4.66. The molecule has 4 fully saturated rings. The van der Waals surface area contributed by atoms with E-state index < -0.39 is 29.0 Å². The number of likely N-dealkylation sites (N-methyl/N-ethyl adjacent to an activating group) is 2. The molecule has 344 valence electrons. The standard InChI is InChI=1S/C24H23N5O4.C17H15BrN4O2.C7H9NO2/c1-3-33-22(30)19-18-14-25-20(16-7-8-16)26-21(18)29(27-19)17-6-4-5-15(13-17)9-10-24(32)11-12-28(2)23(24)31;1-2-24-17(23)14-13-9-19-15(10-6-7-10)20-16(13)22(21-14)12-5-3-4-11(18)8-12;1-3-7(10)4-5-8(2)6(7)9/h4-6,13-14,16,32H,3,7-8,11-12H2,1-2H3;3-5,8-10H,2,6-7H2,1H3;1,10H,4-5H2,2H3/t24-;;7-/m0.0/s1. The van der Waals surface area contributed by atoms with Gasteiger partial charge in [0.2, 0.25) is 11.2 Å². The lowest BCUT2D eigenvalue weighted by molar-refractivity contribution is -0.138. The second kappa shape index (κ2) is 19.0. The van der Waals surface area contributed by atoms with Gasteiger partial charge in [0.05, 0.1) is 35.4 Å². The molecule has 18 nitrogen and oxygen atoms in total. The number of nitrogens with zero attached hydrogens (tertiary/aromatic N) is 10. The molecule has 0 unspecified atom stereocenters. The Kier molecular flexibility index (Phi) is 13.2. The maximum Gasteiger partial charge on any atom is 0.359 e. The zero-order valence-electron chi connectivity index (χ0n) is 37.3. The molecule has 2 aromatic carbocycles. The van der Waals surface area contributed by atoms with Gasteiger partial charge in [-0.2, -0.15) is 10.2 Å². The first-order valence-electron chi connectivity index (χ1n) is 21.9. The largest absolute Gasteiger partial charge is 0.461 e. The molecule has 2 saturated carbocycles. The van der Waals surface area contributed by atoms with Crippen LogP contribution in [-0.2, 0) is 19.1 Å². The number of ether oxygens (including phenoxy) is 2. The molecule has 6 aromatic rings. The minimum Gasteiger partial charge on any atom is -0.461 e. The molecule has 0 bridgehead atoms. The number of rotatable bonds is 8. The zero-order valence-corrected chi connectivity index (χ0v) is 38.9. The topological polar surface area (TPSA) is 221 Å². The number of benzene rings is 2. The molecule has 2 aliphatic heterocycles. The van der Waals surface area contributed by atoms with Crippen molar-refractivity contribution in [2.45, 2.75) is 75.4 Å². The molecule has 4 aromatic heterocycles. The van der Waals surface area contributed by atoms with Gasteiger partial charge in [0.15, 0.2) is 22.7 Å². The van der Waals surface area contributed by atoms with Crippen LogP contribution in [0.5, 0.6) is 0 Å². The highest BCUT2D eigenvalue weighted by molar-refractivity contribution is 9.10. The first-order valence-corrected chi connectivity index (χ1v) is 22.6.